The minimum atomic E-state index is -1.01. The van der Waals surface area contributed by atoms with E-state index in [1.807, 2.05) is 55.5 Å². The number of hydrogen-bond donors (Lipinski definition) is 2. The lowest BCUT2D eigenvalue weighted by atomic mass is 9.90. The van der Waals surface area contributed by atoms with Gasteiger partial charge in [-0.3, -0.25) is 4.79 Å². The number of amides is 1. The summed E-state index contributed by atoms with van der Waals surface area (Å²) >= 11 is 0. The lowest BCUT2D eigenvalue weighted by molar-refractivity contribution is -0.122. The zero-order valence-corrected chi connectivity index (χ0v) is 12.5. The number of carbonyl (C=O) groups is 1. The van der Waals surface area contributed by atoms with Crippen LogP contribution in [0.4, 0.5) is 5.69 Å². The first-order valence-corrected chi connectivity index (χ1v) is 6.75. The van der Waals surface area contributed by atoms with Crippen LogP contribution < -0.4 is 15.8 Å². The quantitative estimate of drug-likeness (QED) is 0.887. The molecule has 4 heteroatoms. The van der Waals surface area contributed by atoms with Crippen molar-refractivity contribution in [1.82, 2.24) is 0 Å². The molecule has 0 radical (unpaired) electrons. The highest BCUT2D eigenvalue weighted by Gasteiger charge is 2.33. The molecule has 110 valence electrons. The second kappa shape index (κ2) is 5.87. The number of carbonyl (C=O) groups excluding carboxylic acids is 1. The number of nitrogens with two attached hydrogens (primary N) is 1. The summed E-state index contributed by atoms with van der Waals surface area (Å²) in [6.07, 6.45) is 0. The number of benzene rings is 2. The van der Waals surface area contributed by atoms with Crippen molar-refractivity contribution in [1.29, 1.82) is 0 Å². The highest BCUT2D eigenvalue weighted by molar-refractivity contribution is 5.89. The molecule has 21 heavy (non-hydrogen) atoms. The molecule has 0 aromatic heterocycles. The van der Waals surface area contributed by atoms with Crippen molar-refractivity contribution in [3.63, 3.8) is 0 Å². The number of primary amides is 1. The molecule has 0 bridgehead atoms. The summed E-state index contributed by atoms with van der Waals surface area (Å²) in [4.78, 5) is 12.0. The van der Waals surface area contributed by atoms with Gasteiger partial charge in [0.1, 0.15) is 11.3 Å². The standard InChI is InChI=1S/C17H20N2O2/c1-12-6-4-8-14(10-12)19-17(2,16(18)20)13-7-5-9-15(11-13)21-3/h4-11,19H,1-3H3,(H2,18,20). The zero-order valence-electron chi connectivity index (χ0n) is 12.5. The maximum Gasteiger partial charge on any atom is 0.247 e. The first kappa shape index (κ1) is 14.9. The normalized spacial score (nSPS) is 13.3. The van der Waals surface area contributed by atoms with Crippen molar-refractivity contribution in [3.05, 3.63) is 59.7 Å². The third-order valence-corrected chi connectivity index (χ3v) is 3.55. The molecule has 0 aliphatic carbocycles. The molecule has 1 amide bonds. The molecule has 2 rings (SSSR count). The number of hydrogen-bond acceptors (Lipinski definition) is 3. The molecule has 2 aromatic rings. The van der Waals surface area contributed by atoms with Gasteiger partial charge in [0, 0.05) is 5.69 Å². The van der Waals surface area contributed by atoms with E-state index in [1.165, 1.54) is 0 Å². The van der Waals surface area contributed by atoms with E-state index in [9.17, 15) is 4.79 Å². The number of nitrogens with one attached hydrogen (secondary N) is 1. The Hall–Kier alpha value is -2.49. The first-order valence-electron chi connectivity index (χ1n) is 6.75. The second-order valence-electron chi connectivity index (χ2n) is 5.22. The molecule has 0 heterocycles. The molecular weight excluding hydrogens is 264 g/mol. The third-order valence-electron chi connectivity index (χ3n) is 3.55. The summed E-state index contributed by atoms with van der Waals surface area (Å²) in [5, 5.41) is 3.23. The van der Waals surface area contributed by atoms with Crippen LogP contribution in [0.15, 0.2) is 48.5 Å². The Kier molecular flexibility index (Phi) is 4.17. The molecule has 0 aliphatic heterocycles. The fraction of sp³-hybridized carbons (Fsp3) is 0.235. The van der Waals surface area contributed by atoms with Crippen LogP contribution >= 0.6 is 0 Å². The van der Waals surface area contributed by atoms with Gasteiger partial charge in [0.25, 0.3) is 0 Å². The largest absolute Gasteiger partial charge is 0.497 e. The predicted molar refractivity (Wildman–Crippen MR) is 84.3 cm³/mol. The van der Waals surface area contributed by atoms with Crippen molar-refractivity contribution in [3.8, 4) is 5.75 Å². The van der Waals surface area contributed by atoms with Crippen LogP contribution in [0.5, 0.6) is 5.75 Å². The summed E-state index contributed by atoms with van der Waals surface area (Å²) in [5.41, 5.74) is 7.34. The van der Waals surface area contributed by atoms with Gasteiger partial charge in [-0.25, -0.2) is 0 Å². The minimum absolute atomic E-state index is 0.447. The van der Waals surface area contributed by atoms with Crippen LogP contribution in [-0.2, 0) is 10.3 Å². The Morgan fingerprint density at radius 3 is 2.52 bits per heavy atom. The lowest BCUT2D eigenvalue weighted by Gasteiger charge is -2.29. The van der Waals surface area contributed by atoms with Crippen molar-refractivity contribution in [2.45, 2.75) is 19.4 Å². The van der Waals surface area contributed by atoms with Crippen molar-refractivity contribution < 1.29 is 9.53 Å². The Morgan fingerprint density at radius 2 is 1.90 bits per heavy atom. The van der Waals surface area contributed by atoms with E-state index in [1.54, 1.807) is 14.0 Å². The van der Waals surface area contributed by atoms with Crippen molar-refractivity contribution >= 4 is 11.6 Å². The van der Waals surface area contributed by atoms with Crippen LogP contribution in [0.3, 0.4) is 0 Å². The van der Waals surface area contributed by atoms with E-state index in [2.05, 4.69) is 5.32 Å². The SMILES string of the molecule is COc1cccc(C(C)(Nc2cccc(C)c2)C(N)=O)c1. The van der Waals surface area contributed by atoms with E-state index in [0.29, 0.717) is 5.75 Å². The average molecular weight is 284 g/mol. The Balaban J connectivity index is 2.42. The number of rotatable bonds is 5. The van der Waals surface area contributed by atoms with Crippen molar-refractivity contribution in [2.24, 2.45) is 5.73 Å². The van der Waals surface area contributed by atoms with Gasteiger partial charge in [0.15, 0.2) is 0 Å². The molecule has 4 nitrogen and oxygen atoms in total. The maximum atomic E-state index is 12.0. The van der Waals surface area contributed by atoms with Gasteiger partial charge < -0.3 is 15.8 Å². The molecule has 1 atom stereocenters. The zero-order chi connectivity index (χ0) is 15.5. The number of methoxy groups -OCH3 is 1. The van der Waals surface area contributed by atoms with Gasteiger partial charge in [-0.2, -0.15) is 0 Å². The van der Waals surface area contributed by atoms with Gasteiger partial charge in [-0.05, 0) is 49.2 Å². The van der Waals surface area contributed by atoms with Crippen LogP contribution in [0.25, 0.3) is 0 Å². The highest BCUT2D eigenvalue weighted by atomic mass is 16.5. The maximum absolute atomic E-state index is 12.0. The van der Waals surface area contributed by atoms with Crippen LogP contribution in [-0.4, -0.2) is 13.0 Å². The van der Waals surface area contributed by atoms with E-state index in [0.717, 1.165) is 16.8 Å². The molecule has 0 saturated heterocycles. The average Bonchev–Trinajstić information content (AvgIpc) is 2.47. The van der Waals surface area contributed by atoms with Crippen LogP contribution in [0.1, 0.15) is 18.1 Å². The molecule has 1 unspecified atom stereocenters. The number of ether oxygens (including phenoxy) is 1. The van der Waals surface area contributed by atoms with Crippen LogP contribution in [0, 0.1) is 6.92 Å². The van der Waals surface area contributed by atoms with Gasteiger partial charge in [-0.1, -0.05) is 24.3 Å². The Labute approximate surface area is 124 Å². The Bertz CT molecular complexity index is 655. The third kappa shape index (κ3) is 3.16. The lowest BCUT2D eigenvalue weighted by Crippen LogP contribution is -2.45. The second-order valence-corrected chi connectivity index (χ2v) is 5.22. The topological polar surface area (TPSA) is 64.3 Å². The fourth-order valence-corrected chi connectivity index (χ4v) is 2.22. The molecule has 0 aliphatic rings. The summed E-state index contributed by atoms with van der Waals surface area (Å²) in [7, 11) is 1.59. The monoisotopic (exact) mass is 284 g/mol. The molecule has 0 fully saturated rings. The first-order chi connectivity index (χ1) is 9.95. The van der Waals surface area contributed by atoms with E-state index in [-0.39, 0.29) is 0 Å². The summed E-state index contributed by atoms with van der Waals surface area (Å²) in [6, 6.07) is 15.2. The number of anilines is 1. The summed E-state index contributed by atoms with van der Waals surface area (Å²) < 4.78 is 5.22. The number of aryl methyl sites for hydroxylation is 1. The molecular formula is C17H20N2O2. The van der Waals surface area contributed by atoms with E-state index >= 15 is 0 Å². The molecule has 0 saturated carbocycles. The van der Waals surface area contributed by atoms with E-state index < -0.39 is 11.4 Å². The summed E-state index contributed by atoms with van der Waals surface area (Å²) in [6.45, 7) is 3.77. The predicted octanol–water partition coefficient (Wildman–Crippen LogP) is 2.82. The van der Waals surface area contributed by atoms with Gasteiger partial charge in [-0.15, -0.1) is 0 Å². The molecule has 3 N–H and O–H groups in total. The van der Waals surface area contributed by atoms with Crippen molar-refractivity contribution in [2.75, 3.05) is 12.4 Å². The fourth-order valence-electron chi connectivity index (χ4n) is 2.22. The van der Waals surface area contributed by atoms with Gasteiger partial charge >= 0.3 is 0 Å². The minimum Gasteiger partial charge on any atom is -0.497 e. The summed E-state index contributed by atoms with van der Waals surface area (Å²) in [5.74, 6) is 0.239. The van der Waals surface area contributed by atoms with Crippen LogP contribution in [0.2, 0.25) is 0 Å². The Morgan fingerprint density at radius 1 is 1.19 bits per heavy atom. The van der Waals surface area contributed by atoms with Gasteiger partial charge in [0.2, 0.25) is 5.91 Å². The molecule has 2 aromatic carbocycles. The smallest absolute Gasteiger partial charge is 0.247 e. The van der Waals surface area contributed by atoms with E-state index in [4.69, 9.17) is 10.5 Å². The molecule has 0 spiro atoms. The van der Waals surface area contributed by atoms with Gasteiger partial charge in [0.05, 0.1) is 7.11 Å². The highest BCUT2D eigenvalue weighted by Crippen LogP contribution is 2.28.